The SMILES string of the molecule is CCc1cc(C#N)cc(CC)c1NC(=O)NS(=O)(=O)c1ncc(C2(O)CCCC2)s1. The molecule has 2 aromatic rings. The Morgan fingerprint density at radius 2 is 1.87 bits per heavy atom. The Morgan fingerprint density at radius 1 is 1.27 bits per heavy atom. The quantitative estimate of drug-likeness (QED) is 0.620. The van der Waals surface area contributed by atoms with Crippen LogP contribution in [0.3, 0.4) is 0 Å². The zero-order valence-corrected chi connectivity index (χ0v) is 18.5. The maximum Gasteiger partial charge on any atom is 0.333 e. The lowest BCUT2D eigenvalue weighted by atomic mass is 9.99. The van der Waals surface area contributed by atoms with Crippen LogP contribution in [0.4, 0.5) is 10.5 Å². The summed E-state index contributed by atoms with van der Waals surface area (Å²) >= 11 is 0.877. The second kappa shape index (κ2) is 8.71. The Hall–Kier alpha value is -2.48. The van der Waals surface area contributed by atoms with E-state index in [2.05, 4.69) is 16.4 Å². The summed E-state index contributed by atoms with van der Waals surface area (Å²) in [5.41, 5.74) is 1.45. The zero-order valence-electron chi connectivity index (χ0n) is 16.9. The minimum atomic E-state index is -4.19. The Morgan fingerprint density at radius 3 is 2.40 bits per heavy atom. The minimum absolute atomic E-state index is 0.265. The van der Waals surface area contributed by atoms with E-state index in [4.69, 9.17) is 0 Å². The summed E-state index contributed by atoms with van der Waals surface area (Å²) in [5, 5.41) is 22.4. The summed E-state index contributed by atoms with van der Waals surface area (Å²) < 4.78 is 27.0. The number of hydrogen-bond acceptors (Lipinski definition) is 7. The number of urea groups is 1. The highest BCUT2D eigenvalue weighted by atomic mass is 32.2. The lowest BCUT2D eigenvalue weighted by molar-refractivity contribution is 0.0481. The standard InChI is InChI=1S/C20H24N4O4S2/c1-3-14-9-13(11-21)10-15(4-2)17(14)23-18(25)24-30(27,28)19-22-12-16(29-19)20(26)7-5-6-8-20/h9-10,12,26H,3-8H2,1-2H3,(H2,23,24,25). The summed E-state index contributed by atoms with van der Waals surface area (Å²) in [4.78, 5) is 16.9. The fourth-order valence-corrected chi connectivity index (χ4v) is 5.86. The van der Waals surface area contributed by atoms with Crippen LogP contribution in [0.1, 0.15) is 61.1 Å². The number of aliphatic hydroxyl groups is 1. The van der Waals surface area contributed by atoms with Crippen LogP contribution in [-0.2, 0) is 28.5 Å². The number of aromatic nitrogens is 1. The molecule has 160 valence electrons. The summed E-state index contributed by atoms with van der Waals surface area (Å²) in [6.07, 6.45) is 5.40. The normalized spacial score (nSPS) is 15.5. The van der Waals surface area contributed by atoms with Gasteiger partial charge in [0.25, 0.3) is 10.0 Å². The van der Waals surface area contributed by atoms with E-state index >= 15 is 0 Å². The number of anilines is 1. The monoisotopic (exact) mass is 448 g/mol. The summed E-state index contributed by atoms with van der Waals surface area (Å²) in [5.74, 6) is 0. The van der Waals surface area contributed by atoms with Gasteiger partial charge in [-0.15, -0.1) is 11.3 Å². The average molecular weight is 449 g/mol. The van der Waals surface area contributed by atoms with Gasteiger partial charge in [0, 0.05) is 11.9 Å². The molecule has 8 nitrogen and oxygen atoms in total. The third-order valence-corrected chi connectivity index (χ3v) is 8.17. The van der Waals surface area contributed by atoms with Gasteiger partial charge in [0.05, 0.1) is 16.5 Å². The Balaban J connectivity index is 1.80. The number of benzene rings is 1. The fourth-order valence-electron chi connectivity index (χ4n) is 3.66. The molecular weight excluding hydrogens is 424 g/mol. The van der Waals surface area contributed by atoms with Crippen molar-refractivity contribution in [3.8, 4) is 6.07 Å². The summed E-state index contributed by atoms with van der Waals surface area (Å²) in [6.45, 7) is 3.78. The van der Waals surface area contributed by atoms with Crippen molar-refractivity contribution >= 4 is 33.1 Å². The van der Waals surface area contributed by atoms with Gasteiger partial charge in [0.2, 0.25) is 4.34 Å². The second-order valence-electron chi connectivity index (χ2n) is 7.28. The molecule has 10 heteroatoms. The first-order chi connectivity index (χ1) is 14.2. The highest BCUT2D eigenvalue weighted by Crippen LogP contribution is 2.41. The molecule has 0 aliphatic heterocycles. The molecule has 2 amide bonds. The number of carbonyl (C=O) groups is 1. The average Bonchev–Trinajstić information content (AvgIpc) is 3.38. The molecule has 1 aliphatic carbocycles. The van der Waals surface area contributed by atoms with Crippen LogP contribution in [0.25, 0.3) is 0 Å². The smallest absolute Gasteiger partial charge is 0.333 e. The molecule has 1 heterocycles. The lowest BCUT2D eigenvalue weighted by Crippen LogP contribution is -2.34. The van der Waals surface area contributed by atoms with Gasteiger partial charge in [-0.3, -0.25) is 0 Å². The topological polar surface area (TPSA) is 132 Å². The van der Waals surface area contributed by atoms with Gasteiger partial charge in [-0.2, -0.15) is 13.7 Å². The molecule has 1 aliphatic rings. The van der Waals surface area contributed by atoms with Crippen molar-refractivity contribution in [3.05, 3.63) is 39.9 Å². The van der Waals surface area contributed by atoms with Crippen molar-refractivity contribution < 1.29 is 18.3 Å². The van der Waals surface area contributed by atoms with Crippen molar-refractivity contribution in [2.24, 2.45) is 0 Å². The second-order valence-corrected chi connectivity index (χ2v) is 10.2. The summed E-state index contributed by atoms with van der Waals surface area (Å²) in [6, 6.07) is 4.55. The number of nitrogens with one attached hydrogen (secondary N) is 2. The number of hydrogen-bond donors (Lipinski definition) is 3. The predicted molar refractivity (Wildman–Crippen MR) is 114 cm³/mol. The first-order valence-electron chi connectivity index (χ1n) is 9.80. The highest BCUT2D eigenvalue weighted by molar-refractivity contribution is 7.92. The van der Waals surface area contributed by atoms with Crippen LogP contribution in [0.15, 0.2) is 22.7 Å². The zero-order chi connectivity index (χ0) is 21.9. The fraction of sp³-hybridized carbons (Fsp3) is 0.450. The van der Waals surface area contributed by atoms with E-state index in [-0.39, 0.29) is 4.34 Å². The lowest BCUT2D eigenvalue weighted by Gasteiger charge is -2.19. The van der Waals surface area contributed by atoms with Crippen molar-refractivity contribution in [1.29, 1.82) is 5.26 Å². The minimum Gasteiger partial charge on any atom is -0.384 e. The number of aryl methyl sites for hydroxylation is 2. The van der Waals surface area contributed by atoms with Crippen molar-refractivity contribution in [2.45, 2.75) is 62.3 Å². The molecule has 1 aromatic heterocycles. The van der Waals surface area contributed by atoms with Crippen molar-refractivity contribution in [2.75, 3.05) is 5.32 Å². The molecule has 0 radical (unpaired) electrons. The Kier molecular flexibility index (Phi) is 6.45. The van der Waals surface area contributed by atoms with E-state index in [1.165, 1.54) is 6.20 Å². The number of rotatable bonds is 6. The number of carbonyl (C=O) groups excluding carboxylic acids is 1. The third kappa shape index (κ3) is 4.48. The predicted octanol–water partition coefficient (Wildman–Crippen LogP) is 3.41. The van der Waals surface area contributed by atoms with E-state index in [1.54, 1.807) is 12.1 Å². The van der Waals surface area contributed by atoms with Gasteiger partial charge >= 0.3 is 6.03 Å². The molecule has 3 N–H and O–H groups in total. The molecule has 0 atom stereocenters. The van der Waals surface area contributed by atoms with Gasteiger partial charge in [0.1, 0.15) is 5.60 Å². The van der Waals surface area contributed by atoms with Gasteiger partial charge in [-0.05, 0) is 48.9 Å². The number of nitrogens with zero attached hydrogens (tertiary/aromatic N) is 2. The largest absolute Gasteiger partial charge is 0.384 e. The first kappa shape index (κ1) is 22.2. The molecule has 30 heavy (non-hydrogen) atoms. The first-order valence-corrected chi connectivity index (χ1v) is 12.1. The molecule has 3 rings (SSSR count). The third-order valence-electron chi connectivity index (χ3n) is 5.26. The molecule has 0 bridgehead atoms. The Bertz CT molecular complexity index is 1070. The number of sulfonamides is 1. The number of amides is 2. The van der Waals surface area contributed by atoms with Crippen LogP contribution < -0.4 is 10.0 Å². The molecule has 1 aromatic carbocycles. The van der Waals surface area contributed by atoms with E-state index in [9.17, 15) is 23.6 Å². The maximum atomic E-state index is 12.6. The van der Waals surface area contributed by atoms with Crippen LogP contribution in [-0.4, -0.2) is 24.5 Å². The van der Waals surface area contributed by atoms with Crippen LogP contribution in [0, 0.1) is 11.3 Å². The Labute approximate surface area is 180 Å². The van der Waals surface area contributed by atoms with Crippen LogP contribution in [0.5, 0.6) is 0 Å². The molecular formula is C20H24N4O4S2. The van der Waals surface area contributed by atoms with Crippen molar-refractivity contribution in [1.82, 2.24) is 9.71 Å². The van der Waals surface area contributed by atoms with E-state index in [0.29, 0.717) is 41.8 Å². The van der Waals surface area contributed by atoms with Gasteiger partial charge in [-0.25, -0.2) is 14.5 Å². The van der Waals surface area contributed by atoms with E-state index < -0.39 is 21.7 Å². The molecule has 0 saturated heterocycles. The van der Waals surface area contributed by atoms with Crippen LogP contribution in [0.2, 0.25) is 0 Å². The summed E-state index contributed by atoms with van der Waals surface area (Å²) in [7, 11) is -4.19. The van der Waals surface area contributed by atoms with Gasteiger partial charge < -0.3 is 10.4 Å². The van der Waals surface area contributed by atoms with E-state index in [1.807, 2.05) is 18.6 Å². The van der Waals surface area contributed by atoms with Gasteiger partial charge in [0.15, 0.2) is 0 Å². The maximum absolute atomic E-state index is 12.6. The number of thiazole rings is 1. The molecule has 1 saturated carbocycles. The molecule has 1 fully saturated rings. The van der Waals surface area contributed by atoms with Crippen LogP contribution >= 0.6 is 11.3 Å². The molecule has 0 spiro atoms. The van der Waals surface area contributed by atoms with Gasteiger partial charge in [-0.1, -0.05) is 26.7 Å². The van der Waals surface area contributed by atoms with E-state index in [0.717, 1.165) is 35.3 Å². The van der Waals surface area contributed by atoms with Crippen molar-refractivity contribution in [3.63, 3.8) is 0 Å². The highest BCUT2D eigenvalue weighted by Gasteiger charge is 2.36. The molecule has 0 unspecified atom stereocenters. The number of nitriles is 1.